The lowest BCUT2D eigenvalue weighted by molar-refractivity contribution is 0.596. The molecule has 1 atom stereocenters. The van der Waals surface area contributed by atoms with Crippen LogP contribution in [0.4, 0.5) is 4.39 Å². The average Bonchev–Trinajstić information content (AvgIpc) is 2.87. The van der Waals surface area contributed by atoms with Crippen molar-refractivity contribution < 1.29 is 4.39 Å². The van der Waals surface area contributed by atoms with Gasteiger partial charge in [0.2, 0.25) is 0 Å². The quantitative estimate of drug-likeness (QED) is 0.778. The fraction of sp³-hybridized carbons (Fsp3) is 0.200. The number of fused-ring (bicyclic) bond motifs is 1. The Hall–Kier alpha value is -2.59. The molecule has 4 heteroatoms. The lowest BCUT2D eigenvalue weighted by Crippen LogP contribution is -2.13. The lowest BCUT2D eigenvalue weighted by Gasteiger charge is -2.19. The summed E-state index contributed by atoms with van der Waals surface area (Å²) in [5.74, 6) is 0.0185. The second kappa shape index (κ2) is 6.49. The van der Waals surface area contributed by atoms with Crippen molar-refractivity contribution in [3.8, 4) is 11.3 Å². The minimum Gasteiger partial charge on any atom is -0.313 e. The molecule has 0 saturated heterocycles. The minimum atomic E-state index is -0.191. The molecule has 0 bridgehead atoms. The smallest absolute Gasteiger partial charge is 0.137 e. The highest BCUT2D eigenvalue weighted by Gasteiger charge is 2.24. The Balaban J connectivity index is 1.84. The normalized spacial score (nSPS) is 17.1. The third-order valence-electron chi connectivity index (χ3n) is 4.62. The molecule has 1 N–H and O–H groups in total. The Labute approximate surface area is 140 Å². The maximum absolute atomic E-state index is 15.2. The van der Waals surface area contributed by atoms with E-state index in [-0.39, 0.29) is 11.7 Å². The van der Waals surface area contributed by atoms with Gasteiger partial charge in [-0.2, -0.15) is 10.2 Å². The van der Waals surface area contributed by atoms with E-state index in [0.29, 0.717) is 17.8 Å². The predicted molar refractivity (Wildman–Crippen MR) is 92.0 cm³/mol. The van der Waals surface area contributed by atoms with Gasteiger partial charge in [0.1, 0.15) is 5.82 Å². The third kappa shape index (κ3) is 2.69. The maximum Gasteiger partial charge on any atom is 0.137 e. The van der Waals surface area contributed by atoms with Crippen LogP contribution in [0.15, 0.2) is 60.8 Å². The molecule has 1 aliphatic rings. The second-order valence-corrected chi connectivity index (χ2v) is 6.03. The Morgan fingerprint density at radius 3 is 2.67 bits per heavy atom. The lowest BCUT2D eigenvalue weighted by atomic mass is 9.85. The summed E-state index contributed by atoms with van der Waals surface area (Å²) in [4.78, 5) is 0. The number of hydrogen-bond acceptors (Lipinski definition) is 3. The number of halogens is 1. The molecular weight excluding hydrogens is 301 g/mol. The van der Waals surface area contributed by atoms with Crippen LogP contribution in [-0.2, 0) is 6.54 Å². The molecule has 24 heavy (non-hydrogen) atoms. The van der Waals surface area contributed by atoms with Gasteiger partial charge in [0.05, 0.1) is 5.69 Å². The van der Waals surface area contributed by atoms with E-state index >= 15 is 4.39 Å². The summed E-state index contributed by atoms with van der Waals surface area (Å²) in [6, 6.07) is 17.8. The maximum atomic E-state index is 15.2. The fourth-order valence-corrected chi connectivity index (χ4v) is 3.43. The molecule has 1 aliphatic heterocycles. The van der Waals surface area contributed by atoms with Gasteiger partial charge >= 0.3 is 0 Å². The van der Waals surface area contributed by atoms with Gasteiger partial charge < -0.3 is 5.32 Å². The Morgan fingerprint density at radius 2 is 1.88 bits per heavy atom. The van der Waals surface area contributed by atoms with Crippen LogP contribution >= 0.6 is 0 Å². The molecule has 120 valence electrons. The van der Waals surface area contributed by atoms with Crippen molar-refractivity contribution in [1.82, 2.24) is 15.5 Å². The van der Waals surface area contributed by atoms with Gasteiger partial charge in [-0.05, 0) is 42.3 Å². The van der Waals surface area contributed by atoms with Gasteiger partial charge in [-0.3, -0.25) is 0 Å². The van der Waals surface area contributed by atoms with E-state index in [0.717, 1.165) is 24.1 Å². The summed E-state index contributed by atoms with van der Waals surface area (Å²) in [6.45, 7) is 1.41. The van der Waals surface area contributed by atoms with Gasteiger partial charge in [-0.1, -0.05) is 36.4 Å². The highest BCUT2D eigenvalue weighted by atomic mass is 19.1. The van der Waals surface area contributed by atoms with Crippen molar-refractivity contribution in [3.63, 3.8) is 0 Å². The summed E-state index contributed by atoms with van der Waals surface area (Å²) in [6.07, 6.45) is 2.55. The van der Waals surface area contributed by atoms with E-state index in [9.17, 15) is 0 Å². The molecule has 0 fully saturated rings. The number of aromatic nitrogens is 2. The first-order valence-corrected chi connectivity index (χ1v) is 8.19. The standard InChI is InChI=1S/C20H18FN3/c21-20-17(19-7-4-11-23-24-19)9-8-16-15(10-12-22-13-18(16)20)14-5-2-1-3-6-14/h1-9,11,15,22H,10,12-13H2. The van der Waals surface area contributed by atoms with Crippen LogP contribution in [0.2, 0.25) is 0 Å². The van der Waals surface area contributed by atoms with E-state index in [1.54, 1.807) is 18.3 Å². The van der Waals surface area contributed by atoms with E-state index in [1.165, 1.54) is 5.56 Å². The summed E-state index contributed by atoms with van der Waals surface area (Å²) < 4.78 is 15.2. The van der Waals surface area contributed by atoms with Crippen molar-refractivity contribution in [2.75, 3.05) is 6.54 Å². The molecule has 1 aromatic heterocycles. The van der Waals surface area contributed by atoms with Crippen molar-refractivity contribution >= 4 is 0 Å². The number of nitrogens with zero attached hydrogens (tertiary/aromatic N) is 2. The van der Waals surface area contributed by atoms with Gasteiger partial charge in [0.25, 0.3) is 0 Å². The molecule has 0 spiro atoms. The molecule has 1 unspecified atom stereocenters. The van der Waals surface area contributed by atoms with E-state index in [2.05, 4.69) is 27.6 Å². The van der Waals surface area contributed by atoms with Crippen molar-refractivity contribution in [1.29, 1.82) is 0 Å². The van der Waals surface area contributed by atoms with Crippen molar-refractivity contribution in [2.45, 2.75) is 18.9 Å². The number of hydrogen-bond donors (Lipinski definition) is 1. The zero-order valence-corrected chi connectivity index (χ0v) is 13.2. The highest BCUT2D eigenvalue weighted by molar-refractivity contribution is 5.62. The third-order valence-corrected chi connectivity index (χ3v) is 4.62. The van der Waals surface area contributed by atoms with E-state index in [1.807, 2.05) is 30.3 Å². The van der Waals surface area contributed by atoms with Crippen LogP contribution in [-0.4, -0.2) is 16.7 Å². The van der Waals surface area contributed by atoms with Crippen LogP contribution in [0, 0.1) is 5.82 Å². The van der Waals surface area contributed by atoms with Crippen molar-refractivity contribution in [3.05, 3.63) is 83.3 Å². The molecule has 2 heterocycles. The zero-order chi connectivity index (χ0) is 16.4. The van der Waals surface area contributed by atoms with Gasteiger partial charge in [-0.25, -0.2) is 4.39 Å². The summed E-state index contributed by atoms with van der Waals surface area (Å²) in [7, 11) is 0. The molecule has 3 aromatic rings. The Morgan fingerprint density at radius 1 is 1.00 bits per heavy atom. The second-order valence-electron chi connectivity index (χ2n) is 6.03. The number of benzene rings is 2. The van der Waals surface area contributed by atoms with Crippen LogP contribution in [0.25, 0.3) is 11.3 Å². The molecule has 0 radical (unpaired) electrons. The first kappa shape index (κ1) is 15.0. The van der Waals surface area contributed by atoms with Crippen LogP contribution < -0.4 is 5.32 Å². The topological polar surface area (TPSA) is 37.8 Å². The van der Waals surface area contributed by atoms with Gasteiger partial charge in [0, 0.05) is 29.8 Å². The highest BCUT2D eigenvalue weighted by Crippen LogP contribution is 2.36. The molecular formula is C20H18FN3. The van der Waals surface area contributed by atoms with Crippen LogP contribution in [0.1, 0.15) is 29.0 Å². The molecule has 0 amide bonds. The fourth-order valence-electron chi connectivity index (χ4n) is 3.43. The Kier molecular flexibility index (Phi) is 4.05. The largest absolute Gasteiger partial charge is 0.313 e. The molecule has 2 aromatic carbocycles. The molecule has 0 aliphatic carbocycles. The molecule has 4 rings (SSSR count). The van der Waals surface area contributed by atoms with Gasteiger partial charge in [0.15, 0.2) is 0 Å². The summed E-state index contributed by atoms with van der Waals surface area (Å²) >= 11 is 0. The SMILES string of the molecule is Fc1c(-c2cccnn2)ccc2c1CNCCC2c1ccccc1. The van der Waals surface area contributed by atoms with Crippen LogP contribution in [0.3, 0.4) is 0 Å². The van der Waals surface area contributed by atoms with E-state index in [4.69, 9.17) is 0 Å². The molecule has 0 saturated carbocycles. The van der Waals surface area contributed by atoms with Crippen LogP contribution in [0.5, 0.6) is 0 Å². The summed E-state index contributed by atoms with van der Waals surface area (Å²) in [5, 5.41) is 11.3. The Bertz CT molecular complexity index is 834. The number of rotatable bonds is 2. The first-order valence-electron chi connectivity index (χ1n) is 8.19. The minimum absolute atomic E-state index is 0.191. The van der Waals surface area contributed by atoms with Gasteiger partial charge in [-0.15, -0.1) is 0 Å². The number of nitrogens with one attached hydrogen (secondary N) is 1. The summed E-state index contributed by atoms with van der Waals surface area (Å²) in [5.41, 5.74) is 4.12. The van der Waals surface area contributed by atoms with E-state index < -0.39 is 0 Å². The molecule has 3 nitrogen and oxygen atoms in total. The monoisotopic (exact) mass is 319 g/mol. The predicted octanol–water partition coefficient (Wildman–Crippen LogP) is 3.91. The average molecular weight is 319 g/mol. The zero-order valence-electron chi connectivity index (χ0n) is 13.2. The van der Waals surface area contributed by atoms with Crippen molar-refractivity contribution in [2.24, 2.45) is 0 Å². The first-order chi connectivity index (χ1) is 11.8.